The largest absolute Gasteiger partial charge is 0.314 e. The molecule has 2 atom stereocenters. The molecule has 1 fully saturated rings. The van der Waals surface area contributed by atoms with E-state index < -0.39 is 0 Å². The summed E-state index contributed by atoms with van der Waals surface area (Å²) in [6, 6.07) is 9.93. The molecule has 1 N–H and O–H groups in total. The molecule has 1 saturated carbocycles. The highest BCUT2D eigenvalue weighted by Crippen LogP contribution is 2.34. The van der Waals surface area contributed by atoms with Crippen molar-refractivity contribution >= 4 is 11.8 Å². The molecule has 0 aromatic heterocycles. The first-order valence-electron chi connectivity index (χ1n) is 7.69. The van der Waals surface area contributed by atoms with Crippen LogP contribution in [0.5, 0.6) is 0 Å². The van der Waals surface area contributed by atoms with Crippen molar-refractivity contribution in [2.24, 2.45) is 0 Å². The molecule has 0 spiro atoms. The summed E-state index contributed by atoms with van der Waals surface area (Å²) in [5, 5.41) is 4.41. The van der Waals surface area contributed by atoms with Gasteiger partial charge in [-0.05, 0) is 49.4 Å². The number of thioether (sulfide) groups is 1. The van der Waals surface area contributed by atoms with E-state index >= 15 is 0 Å². The standard InChI is InChI=1S/C17H27NS/c1-4-18-15-6-5-7-17(12-15)19-16-10-8-14(9-11-16)13(2)3/h8-11,13,15,17-18H,4-7,12H2,1-3H3. The van der Waals surface area contributed by atoms with Gasteiger partial charge < -0.3 is 5.32 Å². The molecule has 19 heavy (non-hydrogen) atoms. The Bertz CT molecular complexity index is 369. The van der Waals surface area contributed by atoms with Crippen LogP contribution in [0.3, 0.4) is 0 Å². The Morgan fingerprint density at radius 3 is 2.58 bits per heavy atom. The fourth-order valence-electron chi connectivity index (χ4n) is 2.85. The van der Waals surface area contributed by atoms with Crippen LogP contribution in [0.1, 0.15) is 57.9 Å². The van der Waals surface area contributed by atoms with Crippen molar-refractivity contribution in [3.63, 3.8) is 0 Å². The van der Waals surface area contributed by atoms with E-state index in [2.05, 4.69) is 62.1 Å². The van der Waals surface area contributed by atoms with Crippen molar-refractivity contribution < 1.29 is 0 Å². The summed E-state index contributed by atoms with van der Waals surface area (Å²) in [6.45, 7) is 7.82. The molecular formula is C17H27NS. The van der Waals surface area contributed by atoms with Crippen molar-refractivity contribution in [1.82, 2.24) is 5.32 Å². The Morgan fingerprint density at radius 1 is 1.21 bits per heavy atom. The third-order valence-corrected chi connectivity index (χ3v) is 5.27. The molecule has 106 valence electrons. The third kappa shape index (κ3) is 4.54. The second kappa shape index (κ2) is 7.35. The molecule has 1 aliphatic carbocycles. The number of benzene rings is 1. The summed E-state index contributed by atoms with van der Waals surface area (Å²) in [5.41, 5.74) is 1.44. The normalized spacial score (nSPS) is 23.8. The highest BCUT2D eigenvalue weighted by atomic mass is 32.2. The smallest absolute Gasteiger partial charge is 0.0109 e. The first-order chi connectivity index (χ1) is 9.19. The van der Waals surface area contributed by atoms with Crippen LogP contribution in [0.4, 0.5) is 0 Å². The number of hydrogen-bond donors (Lipinski definition) is 1. The van der Waals surface area contributed by atoms with Gasteiger partial charge in [-0.15, -0.1) is 11.8 Å². The Labute approximate surface area is 122 Å². The molecule has 1 nitrogen and oxygen atoms in total. The maximum absolute atomic E-state index is 3.61. The summed E-state index contributed by atoms with van der Waals surface area (Å²) < 4.78 is 0. The van der Waals surface area contributed by atoms with E-state index in [1.54, 1.807) is 0 Å². The molecule has 1 aromatic carbocycles. The van der Waals surface area contributed by atoms with Crippen molar-refractivity contribution in [2.45, 2.75) is 68.6 Å². The van der Waals surface area contributed by atoms with Gasteiger partial charge in [-0.1, -0.05) is 39.3 Å². The van der Waals surface area contributed by atoms with E-state index in [0.29, 0.717) is 5.92 Å². The van der Waals surface area contributed by atoms with Gasteiger partial charge in [-0.25, -0.2) is 0 Å². The minimum Gasteiger partial charge on any atom is -0.314 e. The minimum absolute atomic E-state index is 0.631. The predicted molar refractivity (Wildman–Crippen MR) is 86.1 cm³/mol. The molecule has 2 heteroatoms. The Kier molecular flexibility index (Phi) is 5.77. The monoisotopic (exact) mass is 277 g/mol. The van der Waals surface area contributed by atoms with Crippen molar-refractivity contribution in [3.8, 4) is 0 Å². The maximum atomic E-state index is 3.61. The minimum atomic E-state index is 0.631. The van der Waals surface area contributed by atoms with E-state index in [1.165, 1.54) is 36.1 Å². The van der Waals surface area contributed by atoms with E-state index in [0.717, 1.165) is 17.8 Å². The van der Waals surface area contributed by atoms with E-state index in [9.17, 15) is 0 Å². The molecule has 0 amide bonds. The predicted octanol–water partition coefficient (Wildman–Crippen LogP) is 4.82. The average molecular weight is 277 g/mol. The summed E-state index contributed by atoms with van der Waals surface area (Å²) in [5.74, 6) is 0.631. The SMILES string of the molecule is CCNC1CCCC(Sc2ccc(C(C)C)cc2)C1. The van der Waals surface area contributed by atoms with Crippen LogP contribution >= 0.6 is 11.8 Å². The molecule has 0 saturated heterocycles. The molecule has 2 rings (SSSR count). The molecule has 1 aromatic rings. The zero-order chi connectivity index (χ0) is 13.7. The van der Waals surface area contributed by atoms with Crippen molar-refractivity contribution in [2.75, 3.05) is 6.54 Å². The summed E-state index contributed by atoms with van der Waals surface area (Å²) in [7, 11) is 0. The summed E-state index contributed by atoms with van der Waals surface area (Å²) >= 11 is 2.07. The van der Waals surface area contributed by atoms with Gasteiger partial charge in [0.2, 0.25) is 0 Å². The first-order valence-corrected chi connectivity index (χ1v) is 8.57. The fraction of sp³-hybridized carbons (Fsp3) is 0.647. The lowest BCUT2D eigenvalue weighted by molar-refractivity contribution is 0.388. The Hall–Kier alpha value is -0.470. The Morgan fingerprint density at radius 2 is 1.95 bits per heavy atom. The van der Waals surface area contributed by atoms with Gasteiger partial charge in [0, 0.05) is 16.2 Å². The fourth-order valence-corrected chi connectivity index (χ4v) is 4.14. The maximum Gasteiger partial charge on any atom is 0.0109 e. The van der Waals surface area contributed by atoms with Gasteiger partial charge in [-0.3, -0.25) is 0 Å². The third-order valence-electron chi connectivity index (χ3n) is 3.97. The van der Waals surface area contributed by atoms with Crippen LogP contribution < -0.4 is 5.32 Å². The molecule has 1 aliphatic rings. The molecule has 0 heterocycles. The van der Waals surface area contributed by atoms with Gasteiger partial charge >= 0.3 is 0 Å². The van der Waals surface area contributed by atoms with Crippen LogP contribution in [0.15, 0.2) is 29.2 Å². The lowest BCUT2D eigenvalue weighted by atomic mass is 9.95. The number of nitrogens with one attached hydrogen (secondary N) is 1. The molecular weight excluding hydrogens is 250 g/mol. The van der Waals surface area contributed by atoms with Crippen LogP contribution in [0.25, 0.3) is 0 Å². The first kappa shape index (κ1) is 14.9. The van der Waals surface area contributed by atoms with Gasteiger partial charge in [0.25, 0.3) is 0 Å². The summed E-state index contributed by atoms with van der Waals surface area (Å²) in [6.07, 6.45) is 5.43. The zero-order valence-electron chi connectivity index (χ0n) is 12.5. The molecule has 0 radical (unpaired) electrons. The van der Waals surface area contributed by atoms with Gasteiger partial charge in [0.15, 0.2) is 0 Å². The van der Waals surface area contributed by atoms with E-state index in [4.69, 9.17) is 0 Å². The van der Waals surface area contributed by atoms with E-state index in [1.807, 2.05) is 0 Å². The van der Waals surface area contributed by atoms with Crippen LogP contribution in [0.2, 0.25) is 0 Å². The highest BCUT2D eigenvalue weighted by molar-refractivity contribution is 8.00. The highest BCUT2D eigenvalue weighted by Gasteiger charge is 2.21. The zero-order valence-corrected chi connectivity index (χ0v) is 13.3. The lowest BCUT2D eigenvalue weighted by Gasteiger charge is -2.29. The Balaban J connectivity index is 1.89. The van der Waals surface area contributed by atoms with Gasteiger partial charge in [0.1, 0.15) is 0 Å². The molecule has 0 aliphatic heterocycles. The molecule has 2 unspecified atom stereocenters. The van der Waals surface area contributed by atoms with Crippen LogP contribution in [-0.4, -0.2) is 17.8 Å². The second-order valence-electron chi connectivity index (χ2n) is 5.88. The van der Waals surface area contributed by atoms with E-state index in [-0.39, 0.29) is 0 Å². The second-order valence-corrected chi connectivity index (χ2v) is 7.26. The lowest BCUT2D eigenvalue weighted by Crippen LogP contribution is -2.34. The van der Waals surface area contributed by atoms with Crippen molar-refractivity contribution in [3.05, 3.63) is 29.8 Å². The van der Waals surface area contributed by atoms with Gasteiger partial charge in [-0.2, -0.15) is 0 Å². The summed E-state index contributed by atoms with van der Waals surface area (Å²) in [4.78, 5) is 1.44. The number of rotatable bonds is 5. The van der Waals surface area contributed by atoms with Crippen LogP contribution in [-0.2, 0) is 0 Å². The quantitative estimate of drug-likeness (QED) is 0.828. The average Bonchev–Trinajstić information content (AvgIpc) is 2.40. The number of hydrogen-bond acceptors (Lipinski definition) is 2. The van der Waals surface area contributed by atoms with Gasteiger partial charge in [0.05, 0.1) is 0 Å². The topological polar surface area (TPSA) is 12.0 Å². The molecule has 0 bridgehead atoms. The van der Waals surface area contributed by atoms with Crippen molar-refractivity contribution in [1.29, 1.82) is 0 Å². The van der Waals surface area contributed by atoms with Crippen LogP contribution in [0, 0.1) is 0 Å².